The minimum atomic E-state index is 0.819. The lowest BCUT2D eigenvalue weighted by Crippen LogP contribution is -1.99. The van der Waals surface area contributed by atoms with Crippen molar-refractivity contribution in [2.75, 3.05) is 5.32 Å². The van der Waals surface area contributed by atoms with E-state index in [-0.39, 0.29) is 0 Å². The second kappa shape index (κ2) is 56.1. The Labute approximate surface area is 823 Å². The number of hydrogen-bond acceptors (Lipinski definition) is 6. The summed E-state index contributed by atoms with van der Waals surface area (Å²) >= 11 is 0. The van der Waals surface area contributed by atoms with Crippen molar-refractivity contribution in [1.82, 2.24) is 24.9 Å². The van der Waals surface area contributed by atoms with Crippen LogP contribution in [-0.4, -0.2) is 24.9 Å². The van der Waals surface area contributed by atoms with Gasteiger partial charge in [-0.2, -0.15) is 0 Å². The van der Waals surface area contributed by atoms with Crippen LogP contribution in [0.5, 0.6) is 0 Å². The molecule has 18 rings (SSSR count). The molecule has 5 aromatic heterocycles. The van der Waals surface area contributed by atoms with Gasteiger partial charge in [-0.1, -0.05) is 332 Å². The van der Waals surface area contributed by atoms with E-state index < -0.39 is 0 Å². The molecule has 6 heteroatoms. The molecular formula is C131H150N6. The lowest BCUT2D eigenvalue weighted by molar-refractivity contribution is 0.791. The highest BCUT2D eigenvalue weighted by molar-refractivity contribution is 5.91. The number of benzene rings is 13. The molecule has 0 aliphatic heterocycles. The number of aromatic nitrogens is 5. The zero-order valence-electron chi connectivity index (χ0n) is 86.0. The Kier molecular flexibility index (Phi) is 43.2. The number of unbranched alkanes of at least 4 members (excludes halogenated alkanes) is 4. The molecule has 0 radical (unpaired) electrons. The van der Waals surface area contributed by atoms with Crippen molar-refractivity contribution >= 4 is 54.5 Å². The average molecular weight is 1810 g/mol. The smallest absolute Gasteiger partial charge is 0.0492 e. The third-order valence-electron chi connectivity index (χ3n) is 26.3. The Morgan fingerprint density at radius 1 is 0.204 bits per heavy atom. The molecule has 0 unspecified atom stereocenters. The maximum atomic E-state index is 4.46. The summed E-state index contributed by atoms with van der Waals surface area (Å²) < 4.78 is 0. The third-order valence-corrected chi connectivity index (χ3v) is 26.3. The third kappa shape index (κ3) is 32.3. The second-order valence-electron chi connectivity index (χ2n) is 36.7. The van der Waals surface area contributed by atoms with Crippen molar-refractivity contribution in [3.8, 4) is 0 Å². The molecule has 0 amide bonds. The first-order valence-electron chi connectivity index (χ1n) is 49.9. The lowest BCUT2D eigenvalue weighted by Gasteiger charge is -2.12. The van der Waals surface area contributed by atoms with E-state index in [0.29, 0.717) is 0 Å². The lowest BCUT2D eigenvalue weighted by atomic mass is 9.92. The van der Waals surface area contributed by atoms with Crippen molar-refractivity contribution in [3.05, 3.63) is 503 Å². The Hall–Kier alpha value is -13.6. The number of pyridine rings is 5. The van der Waals surface area contributed by atoms with Gasteiger partial charge >= 0.3 is 0 Å². The average Bonchev–Trinajstić information content (AvgIpc) is 0.799. The SMILES string of the molecule is CCCCc1c(C)c(C)cc2ccccc12.CCCCc1c(C)cc(C)c2ccccc12.CCCCc1c(C)ccc2ccccc12.CCCCc1c(C)ncc2ccccc12.Cc1ccccc1Cc1ccccc1C.Cc1ccccc1Cc1ncccc1C.Cc1ccccc1Cc1ncccc1C.Cc1ccccc1Nc1ccccc1C.Cc1cccnc1Cc1ncccc1C. The van der Waals surface area contributed by atoms with Gasteiger partial charge in [-0.3, -0.25) is 24.9 Å². The first-order chi connectivity index (χ1) is 66.5. The van der Waals surface area contributed by atoms with Crippen LogP contribution in [0.25, 0.3) is 43.1 Å². The van der Waals surface area contributed by atoms with Gasteiger partial charge in [0, 0.05) is 95.5 Å². The van der Waals surface area contributed by atoms with Gasteiger partial charge in [-0.15, -0.1) is 0 Å². The summed E-state index contributed by atoms with van der Waals surface area (Å²) in [5.74, 6) is 0. The van der Waals surface area contributed by atoms with Crippen molar-refractivity contribution in [2.24, 2.45) is 0 Å². The molecule has 6 nitrogen and oxygen atoms in total. The molecule has 0 fully saturated rings. The standard InChI is InChI=1S/2C16H20.C15H16.C15H18.3C14H15N.C14H17N.C13H14N2/c1-4-5-9-15-13(3)12(2)11-14-8-6-7-10-16(14)15;1-4-5-8-14-12(2)11-13(3)15-9-6-7-10-16(14)15;1-12-7-3-5-9-14(12)11-15-10-6-4-8-13(15)2;1-3-4-8-14-12(2)10-11-13-7-5-6-9-15(13)14;1-11-7-3-5-9-13(11)15-14-10-6-4-8-12(14)2;2*1-11-6-3-4-8-13(11)10-14-12(2)7-5-9-15-14;1-3-4-8-13-11(2)15-10-12-7-5-6-9-14(12)13;1-10-5-3-7-14-12(10)9-13-11(2)6-4-8-15-13/h6-8,10-11H,4-5,9H2,1-3H3;6-7,9-11H,4-5,8H2,1-3H3;3-10H,11H2,1-2H3;5-7,9-11H,3-4,8H2,1-2H3;3-10,15H,1-2H3;2*3-9H,10H2,1-2H3;5-7,9-10H,3-4,8H2,1-2H3;3-8H,9H2,1-2H3. The summed E-state index contributed by atoms with van der Waals surface area (Å²) in [6.45, 7) is 43.5. The maximum absolute atomic E-state index is 4.46. The van der Waals surface area contributed by atoms with Crippen LogP contribution in [0.1, 0.15) is 235 Å². The molecule has 18 aromatic rings. The van der Waals surface area contributed by atoms with Gasteiger partial charge in [-0.25, -0.2) is 0 Å². The number of para-hydroxylation sites is 2. The van der Waals surface area contributed by atoms with Crippen LogP contribution in [0.15, 0.2) is 346 Å². The summed E-state index contributed by atoms with van der Waals surface area (Å²) in [4.78, 5) is 22.0. The van der Waals surface area contributed by atoms with E-state index in [0.717, 1.165) is 43.5 Å². The first kappa shape index (κ1) is 106. The number of rotatable bonds is 22. The van der Waals surface area contributed by atoms with Crippen LogP contribution in [0, 0.1) is 111 Å². The van der Waals surface area contributed by atoms with Gasteiger partial charge < -0.3 is 5.32 Å². The van der Waals surface area contributed by atoms with Crippen molar-refractivity contribution < 1.29 is 0 Å². The fourth-order valence-electron chi connectivity index (χ4n) is 17.3. The Morgan fingerprint density at radius 2 is 0.518 bits per heavy atom. The van der Waals surface area contributed by atoms with E-state index in [2.05, 4.69) is 448 Å². The molecule has 0 atom stereocenters. The topological polar surface area (TPSA) is 76.5 Å². The highest BCUT2D eigenvalue weighted by atomic mass is 14.9. The second-order valence-corrected chi connectivity index (χ2v) is 36.7. The number of hydrogen-bond donors (Lipinski definition) is 1. The number of aryl methyl sites for hydroxylation is 19. The maximum Gasteiger partial charge on any atom is 0.0492 e. The van der Waals surface area contributed by atoms with E-state index in [1.165, 1.54) is 259 Å². The van der Waals surface area contributed by atoms with E-state index in [4.69, 9.17) is 0 Å². The largest absolute Gasteiger partial charge is 0.355 e. The van der Waals surface area contributed by atoms with Crippen LogP contribution in [0.4, 0.5) is 11.4 Å². The Balaban J connectivity index is 0.000000159. The molecule has 704 valence electrons. The van der Waals surface area contributed by atoms with Crippen LogP contribution in [-0.2, 0) is 51.4 Å². The molecular weight excluding hydrogens is 1660 g/mol. The highest BCUT2D eigenvalue weighted by Gasteiger charge is 2.13. The molecule has 1 N–H and O–H groups in total. The number of nitrogens with one attached hydrogen (secondary N) is 1. The summed E-state index contributed by atoms with van der Waals surface area (Å²) in [6.07, 6.45) is 28.0. The Bertz CT molecular complexity index is 5970. The molecule has 137 heavy (non-hydrogen) atoms. The summed E-state index contributed by atoms with van der Waals surface area (Å²) in [5, 5.41) is 14.6. The first-order valence-corrected chi connectivity index (χ1v) is 49.9. The minimum absolute atomic E-state index is 0.819. The molecule has 0 aliphatic carbocycles. The summed E-state index contributed by atoms with van der Waals surface area (Å²) in [5.41, 5.74) is 39.8. The van der Waals surface area contributed by atoms with Crippen LogP contribution >= 0.6 is 0 Å². The number of fused-ring (bicyclic) bond motifs is 4. The monoisotopic (exact) mass is 1810 g/mol. The van der Waals surface area contributed by atoms with Gasteiger partial charge in [0.15, 0.2) is 0 Å². The van der Waals surface area contributed by atoms with Gasteiger partial charge in [0.2, 0.25) is 0 Å². The molecule has 0 saturated carbocycles. The van der Waals surface area contributed by atoms with E-state index >= 15 is 0 Å². The van der Waals surface area contributed by atoms with Crippen LogP contribution in [0.3, 0.4) is 0 Å². The zero-order chi connectivity index (χ0) is 97.8. The molecule has 0 bridgehead atoms. The van der Waals surface area contributed by atoms with Crippen molar-refractivity contribution in [2.45, 2.75) is 241 Å². The quantitative estimate of drug-likeness (QED) is 0.0729. The normalized spacial score (nSPS) is 10.5. The predicted octanol–water partition coefficient (Wildman–Crippen LogP) is 35.2. The van der Waals surface area contributed by atoms with Gasteiger partial charge in [0.1, 0.15) is 0 Å². The van der Waals surface area contributed by atoms with Crippen molar-refractivity contribution in [1.29, 1.82) is 0 Å². The zero-order valence-corrected chi connectivity index (χ0v) is 86.0. The van der Waals surface area contributed by atoms with Crippen molar-refractivity contribution in [3.63, 3.8) is 0 Å². The van der Waals surface area contributed by atoms with E-state index in [1.54, 1.807) is 11.1 Å². The molecule has 0 aliphatic rings. The minimum Gasteiger partial charge on any atom is -0.355 e. The van der Waals surface area contributed by atoms with E-state index in [1.807, 2.05) is 67.4 Å². The highest BCUT2D eigenvalue weighted by Crippen LogP contribution is 2.32. The number of nitrogens with zero attached hydrogens (tertiary/aromatic N) is 5. The molecule has 0 saturated heterocycles. The van der Waals surface area contributed by atoms with Crippen LogP contribution in [0.2, 0.25) is 0 Å². The fourth-order valence-corrected chi connectivity index (χ4v) is 17.3. The molecule has 13 aromatic carbocycles. The van der Waals surface area contributed by atoms with Gasteiger partial charge in [0.25, 0.3) is 0 Å². The summed E-state index contributed by atoms with van der Waals surface area (Å²) in [6, 6.07) is 111. The van der Waals surface area contributed by atoms with Gasteiger partial charge in [0.05, 0.1) is 0 Å². The predicted molar refractivity (Wildman–Crippen MR) is 594 cm³/mol. The van der Waals surface area contributed by atoms with Crippen LogP contribution < -0.4 is 5.32 Å². The number of anilines is 2. The molecule has 5 heterocycles. The molecule has 0 spiro atoms. The summed E-state index contributed by atoms with van der Waals surface area (Å²) in [7, 11) is 0. The van der Waals surface area contributed by atoms with Gasteiger partial charge in [-0.05, 0) is 371 Å². The fraction of sp³-hybridized carbons (Fsp3) is 0.275. The Morgan fingerprint density at radius 3 is 0.927 bits per heavy atom. The van der Waals surface area contributed by atoms with E-state index in [9.17, 15) is 0 Å².